The minimum absolute atomic E-state index is 0.0764. The largest absolute Gasteiger partial charge is 0.393 e. The van der Waals surface area contributed by atoms with Crippen molar-refractivity contribution in [3.05, 3.63) is 17.4 Å². The summed E-state index contributed by atoms with van der Waals surface area (Å²) in [7, 11) is 0. The van der Waals surface area contributed by atoms with Gasteiger partial charge in [0, 0.05) is 12.7 Å². The summed E-state index contributed by atoms with van der Waals surface area (Å²) in [6, 6.07) is 0. The molecule has 0 spiro atoms. The molecule has 0 aliphatic heterocycles. The van der Waals surface area contributed by atoms with E-state index in [-0.39, 0.29) is 6.10 Å². The lowest BCUT2D eigenvalue weighted by atomic mass is 9.87. The number of hydrogen-bond acceptors (Lipinski definition) is 2. The van der Waals surface area contributed by atoms with Gasteiger partial charge in [0.2, 0.25) is 0 Å². The zero-order valence-electron chi connectivity index (χ0n) is 8.06. The molecule has 1 fully saturated rings. The van der Waals surface area contributed by atoms with Crippen LogP contribution in [0.3, 0.4) is 0 Å². The molecule has 1 aliphatic rings. The number of aliphatic hydroxyl groups is 1. The van der Waals surface area contributed by atoms with E-state index in [1.807, 2.05) is 10.9 Å². The van der Waals surface area contributed by atoms with Crippen LogP contribution >= 0.6 is 11.6 Å². The van der Waals surface area contributed by atoms with Crippen molar-refractivity contribution in [3.63, 3.8) is 0 Å². The van der Waals surface area contributed by atoms with Crippen LogP contribution in [0.15, 0.2) is 12.4 Å². The molecular formula is C10H15ClN2O. The molecule has 78 valence electrons. The van der Waals surface area contributed by atoms with E-state index in [2.05, 4.69) is 5.10 Å². The quantitative estimate of drug-likeness (QED) is 0.819. The SMILES string of the molecule is OC1CCC(Cn2cc(Cl)cn2)CC1. The first-order valence-electron chi connectivity index (χ1n) is 5.10. The molecule has 0 amide bonds. The third-order valence-electron chi connectivity index (χ3n) is 2.86. The number of nitrogens with zero attached hydrogens (tertiary/aromatic N) is 2. The van der Waals surface area contributed by atoms with Crippen molar-refractivity contribution in [2.75, 3.05) is 0 Å². The lowest BCUT2D eigenvalue weighted by Gasteiger charge is -2.25. The van der Waals surface area contributed by atoms with E-state index >= 15 is 0 Å². The van der Waals surface area contributed by atoms with E-state index in [0.717, 1.165) is 32.2 Å². The van der Waals surface area contributed by atoms with Gasteiger partial charge >= 0.3 is 0 Å². The minimum atomic E-state index is -0.0764. The average molecular weight is 215 g/mol. The Morgan fingerprint density at radius 2 is 2.14 bits per heavy atom. The van der Waals surface area contributed by atoms with Crippen molar-refractivity contribution in [1.29, 1.82) is 0 Å². The Morgan fingerprint density at radius 1 is 1.43 bits per heavy atom. The van der Waals surface area contributed by atoms with Crippen LogP contribution in [0.25, 0.3) is 0 Å². The van der Waals surface area contributed by atoms with Crippen molar-refractivity contribution in [3.8, 4) is 0 Å². The Balaban J connectivity index is 1.86. The topological polar surface area (TPSA) is 38.0 Å². The van der Waals surface area contributed by atoms with E-state index in [1.165, 1.54) is 0 Å². The number of hydrogen-bond donors (Lipinski definition) is 1. The summed E-state index contributed by atoms with van der Waals surface area (Å²) in [5.74, 6) is 0.648. The molecule has 0 aromatic carbocycles. The van der Waals surface area contributed by atoms with Crippen molar-refractivity contribution in [2.45, 2.75) is 38.3 Å². The molecule has 2 rings (SSSR count). The first-order chi connectivity index (χ1) is 6.74. The average Bonchev–Trinajstić information content (AvgIpc) is 2.56. The van der Waals surface area contributed by atoms with Crippen molar-refractivity contribution < 1.29 is 5.11 Å². The summed E-state index contributed by atoms with van der Waals surface area (Å²) in [4.78, 5) is 0. The van der Waals surface area contributed by atoms with Gasteiger partial charge in [0.1, 0.15) is 0 Å². The zero-order chi connectivity index (χ0) is 9.97. The van der Waals surface area contributed by atoms with Crippen LogP contribution in [0.1, 0.15) is 25.7 Å². The molecule has 0 bridgehead atoms. The summed E-state index contributed by atoms with van der Waals surface area (Å²) in [5, 5.41) is 14.2. The van der Waals surface area contributed by atoms with Crippen LogP contribution in [0.4, 0.5) is 0 Å². The number of aromatic nitrogens is 2. The van der Waals surface area contributed by atoms with E-state index in [9.17, 15) is 5.11 Å². The maximum absolute atomic E-state index is 9.35. The molecule has 4 heteroatoms. The number of halogens is 1. The highest BCUT2D eigenvalue weighted by Crippen LogP contribution is 2.25. The highest BCUT2D eigenvalue weighted by atomic mass is 35.5. The van der Waals surface area contributed by atoms with Gasteiger partial charge in [0.15, 0.2) is 0 Å². The normalized spacial score (nSPS) is 27.9. The second-order valence-electron chi connectivity index (χ2n) is 4.06. The predicted molar refractivity (Wildman–Crippen MR) is 55.2 cm³/mol. The molecule has 0 atom stereocenters. The molecule has 3 nitrogen and oxygen atoms in total. The number of rotatable bonds is 2. The fourth-order valence-electron chi connectivity index (χ4n) is 2.03. The molecule has 14 heavy (non-hydrogen) atoms. The Hall–Kier alpha value is -0.540. The van der Waals surface area contributed by atoms with Gasteiger partial charge in [-0.15, -0.1) is 0 Å². The molecule has 0 unspecified atom stereocenters. The maximum Gasteiger partial charge on any atom is 0.0785 e. The molecule has 1 aliphatic carbocycles. The second-order valence-corrected chi connectivity index (χ2v) is 4.49. The van der Waals surface area contributed by atoms with E-state index in [1.54, 1.807) is 6.20 Å². The van der Waals surface area contributed by atoms with Gasteiger partial charge in [-0.1, -0.05) is 11.6 Å². The molecule has 1 saturated carbocycles. The van der Waals surface area contributed by atoms with Crippen molar-refractivity contribution in [2.24, 2.45) is 5.92 Å². The lowest BCUT2D eigenvalue weighted by Crippen LogP contribution is -2.21. The molecule has 1 aromatic heterocycles. The third-order valence-corrected chi connectivity index (χ3v) is 3.06. The highest BCUT2D eigenvalue weighted by Gasteiger charge is 2.19. The van der Waals surface area contributed by atoms with E-state index in [0.29, 0.717) is 10.9 Å². The summed E-state index contributed by atoms with van der Waals surface area (Å²) in [6.07, 6.45) is 7.50. The maximum atomic E-state index is 9.35. The van der Waals surface area contributed by atoms with Gasteiger partial charge in [-0.2, -0.15) is 5.10 Å². The van der Waals surface area contributed by atoms with Crippen LogP contribution in [0.2, 0.25) is 5.02 Å². The van der Waals surface area contributed by atoms with Gasteiger partial charge in [0.05, 0.1) is 17.3 Å². The highest BCUT2D eigenvalue weighted by molar-refractivity contribution is 6.30. The monoisotopic (exact) mass is 214 g/mol. The summed E-state index contributed by atoms with van der Waals surface area (Å²) in [6.45, 7) is 0.930. The van der Waals surface area contributed by atoms with Gasteiger partial charge in [0.25, 0.3) is 0 Å². The fraction of sp³-hybridized carbons (Fsp3) is 0.700. The molecule has 1 heterocycles. The van der Waals surface area contributed by atoms with Crippen LogP contribution in [-0.2, 0) is 6.54 Å². The van der Waals surface area contributed by atoms with Crippen LogP contribution in [0.5, 0.6) is 0 Å². The van der Waals surface area contributed by atoms with Crippen molar-refractivity contribution in [1.82, 2.24) is 9.78 Å². The molecule has 1 aromatic rings. The van der Waals surface area contributed by atoms with Crippen molar-refractivity contribution >= 4 is 11.6 Å². The molecule has 1 N–H and O–H groups in total. The van der Waals surface area contributed by atoms with Gasteiger partial charge < -0.3 is 5.11 Å². The predicted octanol–water partition coefficient (Wildman–Crippen LogP) is 2.09. The Bertz CT molecular complexity index is 292. The fourth-order valence-corrected chi connectivity index (χ4v) is 2.19. The van der Waals surface area contributed by atoms with Crippen LogP contribution < -0.4 is 0 Å². The Kier molecular flexibility index (Phi) is 3.08. The zero-order valence-corrected chi connectivity index (χ0v) is 8.82. The van der Waals surface area contributed by atoms with Gasteiger partial charge in [-0.3, -0.25) is 4.68 Å². The van der Waals surface area contributed by atoms with Crippen LogP contribution in [0, 0.1) is 5.92 Å². The summed E-state index contributed by atoms with van der Waals surface area (Å²) < 4.78 is 1.89. The number of aliphatic hydroxyl groups excluding tert-OH is 1. The third kappa shape index (κ3) is 2.49. The van der Waals surface area contributed by atoms with Gasteiger partial charge in [-0.25, -0.2) is 0 Å². The molecular weight excluding hydrogens is 200 g/mol. The lowest BCUT2D eigenvalue weighted by molar-refractivity contribution is 0.103. The second kappa shape index (κ2) is 4.32. The first-order valence-corrected chi connectivity index (χ1v) is 5.48. The van der Waals surface area contributed by atoms with Crippen LogP contribution in [-0.4, -0.2) is 21.0 Å². The standard InChI is InChI=1S/C10H15ClN2O/c11-9-5-12-13(7-9)6-8-1-3-10(14)4-2-8/h5,7-8,10,14H,1-4,6H2. The summed E-state index contributed by atoms with van der Waals surface area (Å²) >= 11 is 5.78. The minimum Gasteiger partial charge on any atom is -0.393 e. The first kappa shape index (κ1) is 9.99. The molecule has 0 saturated heterocycles. The summed E-state index contributed by atoms with van der Waals surface area (Å²) in [5.41, 5.74) is 0. The van der Waals surface area contributed by atoms with E-state index < -0.39 is 0 Å². The Morgan fingerprint density at radius 3 is 2.71 bits per heavy atom. The Labute approximate surface area is 88.7 Å². The van der Waals surface area contributed by atoms with E-state index in [4.69, 9.17) is 11.6 Å². The smallest absolute Gasteiger partial charge is 0.0785 e. The van der Waals surface area contributed by atoms with Gasteiger partial charge in [-0.05, 0) is 31.6 Å². The molecule has 0 radical (unpaired) electrons.